The van der Waals surface area contributed by atoms with Gasteiger partial charge in [0, 0.05) is 11.8 Å². The van der Waals surface area contributed by atoms with Gasteiger partial charge in [-0.1, -0.05) is 18.2 Å². The van der Waals surface area contributed by atoms with Crippen molar-refractivity contribution in [3.05, 3.63) is 109 Å². The Kier molecular flexibility index (Phi) is 5.34. The van der Waals surface area contributed by atoms with Crippen LogP contribution in [0, 0.1) is 0 Å². The number of hydrogen-bond acceptors (Lipinski definition) is 2. The molecule has 0 radical (unpaired) electrons. The average molecular weight is 514 g/mol. The van der Waals surface area contributed by atoms with Gasteiger partial charge in [0.2, 0.25) is 0 Å². The average Bonchev–Trinajstić information content (AvgIpc) is 3.28. The number of aromatic nitrogens is 1. The Bertz CT molecular complexity index is 1640. The number of benzene rings is 4. The van der Waals surface area contributed by atoms with Gasteiger partial charge < -0.3 is 0 Å². The first-order valence-electron chi connectivity index (χ1n) is 12.1. The van der Waals surface area contributed by atoms with Crippen LogP contribution in [0.4, 0.5) is 0 Å². The molecule has 0 saturated heterocycles. The van der Waals surface area contributed by atoms with Crippen LogP contribution in [0.5, 0.6) is 0 Å². The van der Waals surface area contributed by atoms with Crippen molar-refractivity contribution in [2.45, 2.75) is 17.3 Å². The summed E-state index contributed by atoms with van der Waals surface area (Å²) in [6.45, 7) is 0. The molecule has 0 atom stereocenters. The van der Waals surface area contributed by atoms with Crippen LogP contribution in [0.15, 0.2) is 114 Å². The first-order chi connectivity index (χ1) is 17.0. The standard InChI is InChI=1S/C32H27GeNO/c1-33(2,3)25-19-17-23(18-20-25)22-13-15-24(16-14-22)26-8-6-9-27-28-10-7-11-29(32(28)35-31(26)27)30-12-4-5-21-34-30/h4-21H,1-3H3. The number of furan rings is 1. The second kappa shape index (κ2) is 8.55. The molecule has 0 N–H and O–H groups in total. The molecule has 0 aliphatic carbocycles. The molecular weight excluding hydrogens is 487 g/mol. The molecule has 0 bridgehead atoms. The third kappa shape index (κ3) is 3.98. The van der Waals surface area contributed by atoms with E-state index in [1.54, 1.807) is 0 Å². The summed E-state index contributed by atoms with van der Waals surface area (Å²) < 4.78 is 8.08. The summed E-state index contributed by atoms with van der Waals surface area (Å²) in [6, 6.07) is 36.6. The van der Waals surface area contributed by atoms with Gasteiger partial charge in [0.25, 0.3) is 0 Å². The molecule has 6 rings (SSSR count). The van der Waals surface area contributed by atoms with Crippen molar-refractivity contribution < 1.29 is 4.42 Å². The van der Waals surface area contributed by atoms with Crippen LogP contribution in [-0.4, -0.2) is 18.3 Å². The van der Waals surface area contributed by atoms with E-state index in [1.165, 1.54) is 15.5 Å². The quantitative estimate of drug-likeness (QED) is 0.221. The van der Waals surface area contributed by atoms with E-state index < -0.39 is 13.3 Å². The topological polar surface area (TPSA) is 26.0 Å². The summed E-state index contributed by atoms with van der Waals surface area (Å²) >= 11 is -1.80. The van der Waals surface area contributed by atoms with Gasteiger partial charge in [-0.25, -0.2) is 0 Å². The maximum absolute atomic E-state index is 6.55. The van der Waals surface area contributed by atoms with Crippen molar-refractivity contribution in [1.82, 2.24) is 4.98 Å². The number of rotatable bonds is 4. The number of para-hydroxylation sites is 2. The molecule has 3 heteroatoms. The van der Waals surface area contributed by atoms with E-state index in [0.29, 0.717) is 0 Å². The van der Waals surface area contributed by atoms with Crippen molar-refractivity contribution in [2.75, 3.05) is 0 Å². The van der Waals surface area contributed by atoms with E-state index in [9.17, 15) is 0 Å². The number of hydrogen-bond donors (Lipinski definition) is 0. The molecule has 0 unspecified atom stereocenters. The monoisotopic (exact) mass is 515 g/mol. The minimum absolute atomic E-state index is 0.883. The molecule has 2 aromatic heterocycles. The van der Waals surface area contributed by atoms with Gasteiger partial charge in [-0.05, 0) is 18.2 Å². The van der Waals surface area contributed by atoms with E-state index >= 15 is 0 Å². The number of pyridine rings is 1. The van der Waals surface area contributed by atoms with Crippen LogP contribution in [0.2, 0.25) is 17.3 Å². The van der Waals surface area contributed by atoms with Crippen LogP contribution in [0.25, 0.3) is 55.4 Å². The molecule has 35 heavy (non-hydrogen) atoms. The second-order valence-electron chi connectivity index (χ2n) is 10.1. The van der Waals surface area contributed by atoms with Gasteiger partial charge in [-0.3, -0.25) is 4.98 Å². The fourth-order valence-corrected chi connectivity index (χ4v) is 7.22. The first-order valence-corrected chi connectivity index (χ1v) is 19.4. The zero-order valence-corrected chi connectivity index (χ0v) is 22.3. The Morgan fingerprint density at radius 2 is 1.11 bits per heavy atom. The first kappa shape index (κ1) is 21.9. The molecular formula is C32H27GeNO. The number of fused-ring (bicyclic) bond motifs is 3. The zero-order valence-electron chi connectivity index (χ0n) is 20.2. The van der Waals surface area contributed by atoms with E-state index in [1.807, 2.05) is 24.4 Å². The van der Waals surface area contributed by atoms with Crippen molar-refractivity contribution in [2.24, 2.45) is 0 Å². The van der Waals surface area contributed by atoms with E-state index in [0.717, 1.165) is 44.3 Å². The van der Waals surface area contributed by atoms with Crippen LogP contribution < -0.4 is 4.40 Å². The van der Waals surface area contributed by atoms with Crippen molar-refractivity contribution in [3.8, 4) is 33.5 Å². The SMILES string of the molecule is [CH3][Ge]([CH3])([CH3])[c]1ccc(-c2ccc(-c3cccc4c3oc3c(-c5ccccn5)cccc34)cc2)cc1. The van der Waals surface area contributed by atoms with Gasteiger partial charge in [0.15, 0.2) is 0 Å². The van der Waals surface area contributed by atoms with E-state index in [2.05, 4.69) is 107 Å². The fourth-order valence-electron chi connectivity index (χ4n) is 4.78. The van der Waals surface area contributed by atoms with Gasteiger partial charge in [0.05, 0.1) is 5.69 Å². The Morgan fingerprint density at radius 3 is 1.71 bits per heavy atom. The Hall–Kier alpha value is -3.63. The van der Waals surface area contributed by atoms with Crippen LogP contribution in [0.3, 0.4) is 0 Å². The molecule has 0 aliphatic rings. The fraction of sp³-hybridized carbons (Fsp3) is 0.0938. The number of nitrogens with zero attached hydrogens (tertiary/aromatic N) is 1. The summed E-state index contributed by atoms with van der Waals surface area (Å²) in [5, 5.41) is 2.24. The summed E-state index contributed by atoms with van der Waals surface area (Å²) in [6.07, 6.45) is 1.82. The third-order valence-electron chi connectivity index (χ3n) is 6.75. The second-order valence-corrected chi connectivity index (χ2v) is 20.7. The normalized spacial score (nSPS) is 11.9. The predicted molar refractivity (Wildman–Crippen MR) is 151 cm³/mol. The third-order valence-corrected chi connectivity index (χ3v) is 11.1. The van der Waals surface area contributed by atoms with Crippen LogP contribution in [0.1, 0.15) is 0 Å². The van der Waals surface area contributed by atoms with Gasteiger partial charge in [0.1, 0.15) is 0 Å². The molecule has 2 heterocycles. The minimum atomic E-state index is -1.80. The van der Waals surface area contributed by atoms with Crippen molar-refractivity contribution in [1.29, 1.82) is 0 Å². The zero-order chi connectivity index (χ0) is 24.0. The summed E-state index contributed by atoms with van der Waals surface area (Å²) in [7, 11) is 0. The van der Waals surface area contributed by atoms with Crippen LogP contribution >= 0.6 is 0 Å². The Morgan fingerprint density at radius 1 is 0.543 bits per heavy atom. The predicted octanol–water partition coefficient (Wildman–Crippen LogP) is 8.53. The molecule has 6 aromatic rings. The van der Waals surface area contributed by atoms with E-state index in [4.69, 9.17) is 4.42 Å². The van der Waals surface area contributed by atoms with Gasteiger partial charge in [-0.2, -0.15) is 0 Å². The Labute approximate surface area is 208 Å². The molecule has 0 fully saturated rings. The van der Waals surface area contributed by atoms with E-state index in [-0.39, 0.29) is 0 Å². The molecule has 0 amide bonds. The Balaban J connectivity index is 1.42. The van der Waals surface area contributed by atoms with Crippen molar-refractivity contribution in [3.63, 3.8) is 0 Å². The maximum atomic E-state index is 6.55. The molecule has 170 valence electrons. The molecule has 4 aromatic carbocycles. The summed E-state index contributed by atoms with van der Waals surface area (Å²) in [5.41, 5.74) is 8.48. The molecule has 0 saturated carbocycles. The summed E-state index contributed by atoms with van der Waals surface area (Å²) in [4.78, 5) is 4.55. The van der Waals surface area contributed by atoms with Gasteiger partial charge >= 0.3 is 150 Å². The van der Waals surface area contributed by atoms with Crippen LogP contribution in [-0.2, 0) is 0 Å². The molecule has 2 nitrogen and oxygen atoms in total. The molecule has 0 spiro atoms. The molecule has 0 aliphatic heterocycles. The van der Waals surface area contributed by atoms with Crippen molar-refractivity contribution >= 4 is 39.6 Å². The summed E-state index contributed by atoms with van der Waals surface area (Å²) in [5.74, 6) is 7.30. The van der Waals surface area contributed by atoms with Gasteiger partial charge in [-0.15, -0.1) is 0 Å².